The molecule has 0 bridgehead atoms. The third-order valence-corrected chi connectivity index (χ3v) is 4.35. The van der Waals surface area contributed by atoms with E-state index in [0.717, 1.165) is 5.56 Å². The molecule has 0 fully saturated rings. The molecule has 0 spiro atoms. The summed E-state index contributed by atoms with van der Waals surface area (Å²) in [6, 6.07) is 7.58. The molecular formula is C18H19F2NO2. The number of hydrogen-bond acceptors (Lipinski definition) is 3. The van der Waals surface area contributed by atoms with E-state index in [1.54, 1.807) is 18.2 Å². The Morgan fingerprint density at radius 2 is 1.87 bits per heavy atom. The van der Waals surface area contributed by atoms with E-state index in [1.807, 2.05) is 18.7 Å². The molecule has 0 saturated carbocycles. The molecule has 2 aromatic rings. The van der Waals surface area contributed by atoms with Crippen molar-refractivity contribution in [1.29, 1.82) is 0 Å². The number of benzene rings is 2. The molecule has 0 saturated heterocycles. The van der Waals surface area contributed by atoms with Crippen LogP contribution in [0.15, 0.2) is 30.3 Å². The van der Waals surface area contributed by atoms with Gasteiger partial charge in [0.15, 0.2) is 0 Å². The van der Waals surface area contributed by atoms with E-state index in [1.165, 1.54) is 19.2 Å². The first kappa shape index (κ1) is 15.7. The molecule has 3 rings (SSSR count). The van der Waals surface area contributed by atoms with Crippen LogP contribution in [0.4, 0.5) is 20.2 Å². The largest absolute Gasteiger partial charge is 0.497 e. The van der Waals surface area contributed by atoms with Crippen LogP contribution in [0, 0.1) is 11.6 Å². The van der Waals surface area contributed by atoms with Crippen molar-refractivity contribution < 1.29 is 18.6 Å². The smallest absolute Gasteiger partial charge is 0.147 e. The van der Waals surface area contributed by atoms with Crippen molar-refractivity contribution in [2.24, 2.45) is 0 Å². The fourth-order valence-corrected chi connectivity index (χ4v) is 3.10. The van der Waals surface area contributed by atoms with Crippen LogP contribution in [0.1, 0.15) is 25.0 Å². The van der Waals surface area contributed by atoms with Crippen LogP contribution in [0.25, 0.3) is 0 Å². The standard InChI is InChI=1S/C18H19F2NO2/c1-18(2)10-21(17-7-12(23-3)4-5-14(17)19)16-6-11(9-22)15(20)8-13(16)18/h4-8,22H,9-10H2,1-3H3. The van der Waals surface area contributed by atoms with Crippen molar-refractivity contribution in [2.75, 3.05) is 18.6 Å². The second kappa shape index (κ2) is 5.49. The molecule has 0 aliphatic carbocycles. The van der Waals surface area contributed by atoms with Crippen LogP contribution < -0.4 is 9.64 Å². The molecule has 0 radical (unpaired) electrons. The Hall–Kier alpha value is -2.14. The van der Waals surface area contributed by atoms with Gasteiger partial charge >= 0.3 is 0 Å². The van der Waals surface area contributed by atoms with E-state index in [9.17, 15) is 13.9 Å². The Bertz CT molecular complexity index is 759. The highest BCUT2D eigenvalue weighted by Gasteiger charge is 2.37. The number of nitrogens with zero attached hydrogens (tertiary/aromatic N) is 1. The summed E-state index contributed by atoms with van der Waals surface area (Å²) in [5.74, 6) is -0.256. The van der Waals surface area contributed by atoms with Crippen LogP contribution in [0.2, 0.25) is 0 Å². The van der Waals surface area contributed by atoms with Crippen LogP contribution >= 0.6 is 0 Å². The van der Waals surface area contributed by atoms with E-state index in [4.69, 9.17) is 4.74 Å². The lowest BCUT2D eigenvalue weighted by atomic mass is 9.86. The predicted octanol–water partition coefficient (Wildman–Crippen LogP) is 3.90. The van der Waals surface area contributed by atoms with Gasteiger partial charge in [-0.25, -0.2) is 8.78 Å². The number of rotatable bonds is 3. The third kappa shape index (κ3) is 2.55. The predicted molar refractivity (Wildman–Crippen MR) is 85.3 cm³/mol. The van der Waals surface area contributed by atoms with Crippen molar-refractivity contribution in [3.05, 3.63) is 53.1 Å². The fourth-order valence-electron chi connectivity index (χ4n) is 3.10. The summed E-state index contributed by atoms with van der Waals surface area (Å²) in [5.41, 5.74) is 1.77. The topological polar surface area (TPSA) is 32.7 Å². The van der Waals surface area contributed by atoms with Gasteiger partial charge < -0.3 is 14.7 Å². The number of ether oxygens (including phenoxy) is 1. The van der Waals surface area contributed by atoms with Gasteiger partial charge in [-0.05, 0) is 29.8 Å². The molecule has 122 valence electrons. The first-order chi connectivity index (χ1) is 10.9. The van der Waals surface area contributed by atoms with Gasteiger partial charge in [0.25, 0.3) is 0 Å². The monoisotopic (exact) mass is 319 g/mol. The molecule has 1 aliphatic heterocycles. The van der Waals surface area contributed by atoms with E-state index in [2.05, 4.69) is 0 Å². The number of anilines is 2. The van der Waals surface area contributed by atoms with Crippen molar-refractivity contribution >= 4 is 11.4 Å². The van der Waals surface area contributed by atoms with Crippen LogP contribution in [0.3, 0.4) is 0 Å². The summed E-state index contributed by atoms with van der Waals surface area (Å²) in [4.78, 5) is 1.81. The van der Waals surface area contributed by atoms with Gasteiger partial charge in [0.05, 0.1) is 19.4 Å². The van der Waals surface area contributed by atoms with Crippen molar-refractivity contribution in [2.45, 2.75) is 25.9 Å². The molecule has 0 unspecified atom stereocenters. The Balaban J connectivity index is 2.18. The lowest BCUT2D eigenvalue weighted by Crippen LogP contribution is -2.25. The fraction of sp³-hybridized carbons (Fsp3) is 0.333. The zero-order chi connectivity index (χ0) is 16.8. The van der Waals surface area contributed by atoms with Crippen LogP contribution in [-0.2, 0) is 12.0 Å². The summed E-state index contributed by atoms with van der Waals surface area (Å²) in [6.45, 7) is 4.10. The van der Waals surface area contributed by atoms with Gasteiger partial charge in [-0.2, -0.15) is 0 Å². The minimum absolute atomic E-state index is 0.203. The average molecular weight is 319 g/mol. The van der Waals surface area contributed by atoms with Crippen molar-refractivity contribution in [1.82, 2.24) is 0 Å². The maximum atomic E-state index is 14.3. The average Bonchev–Trinajstić information content (AvgIpc) is 2.78. The number of hydrogen-bond donors (Lipinski definition) is 1. The summed E-state index contributed by atoms with van der Waals surface area (Å²) < 4.78 is 33.6. The Morgan fingerprint density at radius 3 is 2.52 bits per heavy atom. The normalized spacial score (nSPS) is 15.7. The summed E-state index contributed by atoms with van der Waals surface area (Å²) in [7, 11) is 1.53. The van der Waals surface area contributed by atoms with E-state index >= 15 is 0 Å². The van der Waals surface area contributed by atoms with Gasteiger partial charge in [0.2, 0.25) is 0 Å². The lowest BCUT2D eigenvalue weighted by Gasteiger charge is -2.23. The molecular weight excluding hydrogens is 300 g/mol. The van der Waals surface area contributed by atoms with Gasteiger partial charge in [0, 0.05) is 29.3 Å². The lowest BCUT2D eigenvalue weighted by molar-refractivity contribution is 0.275. The molecule has 2 aromatic carbocycles. The highest BCUT2D eigenvalue weighted by Crippen LogP contribution is 2.46. The Morgan fingerprint density at radius 1 is 1.13 bits per heavy atom. The SMILES string of the molecule is COc1ccc(F)c(N2CC(C)(C)c3cc(F)c(CO)cc32)c1. The molecule has 0 amide bonds. The second-order valence-corrected chi connectivity index (χ2v) is 6.41. The number of aliphatic hydroxyl groups excluding tert-OH is 1. The zero-order valence-electron chi connectivity index (χ0n) is 13.4. The first-order valence-electron chi connectivity index (χ1n) is 7.42. The third-order valence-electron chi connectivity index (χ3n) is 4.35. The summed E-state index contributed by atoms with van der Waals surface area (Å²) in [6.07, 6.45) is 0. The maximum Gasteiger partial charge on any atom is 0.147 e. The minimum atomic E-state index is -0.438. The van der Waals surface area contributed by atoms with Gasteiger partial charge in [-0.15, -0.1) is 0 Å². The molecule has 3 nitrogen and oxygen atoms in total. The van der Waals surface area contributed by atoms with Gasteiger partial charge in [-0.3, -0.25) is 0 Å². The summed E-state index contributed by atoms with van der Waals surface area (Å²) in [5, 5.41) is 9.32. The zero-order valence-corrected chi connectivity index (χ0v) is 13.4. The Kier molecular flexibility index (Phi) is 3.76. The van der Waals surface area contributed by atoms with Crippen molar-refractivity contribution in [3.8, 4) is 5.75 Å². The number of fused-ring (bicyclic) bond motifs is 1. The first-order valence-corrected chi connectivity index (χ1v) is 7.42. The molecule has 1 aliphatic rings. The molecule has 1 heterocycles. The van der Waals surface area contributed by atoms with Crippen molar-refractivity contribution in [3.63, 3.8) is 0 Å². The number of methoxy groups -OCH3 is 1. The van der Waals surface area contributed by atoms with Gasteiger partial charge in [0.1, 0.15) is 17.4 Å². The van der Waals surface area contributed by atoms with E-state index < -0.39 is 12.4 Å². The van der Waals surface area contributed by atoms with Crippen LogP contribution in [0.5, 0.6) is 5.75 Å². The molecule has 5 heteroatoms. The highest BCUT2D eigenvalue weighted by atomic mass is 19.1. The quantitative estimate of drug-likeness (QED) is 0.931. The van der Waals surface area contributed by atoms with E-state index in [0.29, 0.717) is 23.7 Å². The number of aliphatic hydroxyl groups is 1. The second-order valence-electron chi connectivity index (χ2n) is 6.41. The number of halogens is 2. The minimum Gasteiger partial charge on any atom is -0.497 e. The molecule has 23 heavy (non-hydrogen) atoms. The van der Waals surface area contributed by atoms with E-state index in [-0.39, 0.29) is 16.8 Å². The van der Waals surface area contributed by atoms with Gasteiger partial charge in [-0.1, -0.05) is 13.8 Å². The Labute approximate surface area is 134 Å². The van der Waals surface area contributed by atoms with Crippen LogP contribution in [-0.4, -0.2) is 18.8 Å². The maximum absolute atomic E-state index is 14.3. The molecule has 0 aromatic heterocycles. The molecule has 0 atom stereocenters. The molecule has 1 N–H and O–H groups in total. The highest BCUT2D eigenvalue weighted by molar-refractivity contribution is 5.74. The summed E-state index contributed by atoms with van der Waals surface area (Å²) >= 11 is 0.